The Kier molecular flexibility index (Phi) is 5.25. The Morgan fingerprint density at radius 2 is 1.72 bits per heavy atom. The highest BCUT2D eigenvalue weighted by molar-refractivity contribution is 7.10. The van der Waals surface area contributed by atoms with Crippen molar-refractivity contribution >= 4 is 34.8 Å². The molecular weight excluding hydrogens is 398 g/mol. The van der Waals surface area contributed by atoms with Crippen molar-refractivity contribution in [3.05, 3.63) is 76.5 Å². The summed E-state index contributed by atoms with van der Waals surface area (Å²) in [4.78, 5) is 3.79. The average molecular weight is 415 g/mol. The first-order chi connectivity index (χ1) is 13.8. The predicted molar refractivity (Wildman–Crippen MR) is 110 cm³/mol. The molecule has 0 spiro atoms. The summed E-state index contributed by atoms with van der Waals surface area (Å²) in [6, 6.07) is 17.4. The molecule has 0 aliphatic rings. The van der Waals surface area contributed by atoms with Crippen LogP contribution in [0, 0.1) is 0 Å². The van der Waals surface area contributed by atoms with E-state index in [1.165, 1.54) is 17.4 Å². The molecule has 0 bridgehead atoms. The maximum absolute atomic E-state index is 13.6. The number of aromatic amines is 1. The second-order valence-corrected chi connectivity index (χ2v) is 7.79. The Hall–Kier alpha value is -2.55. The number of hydrogen-bond acceptors (Lipinski definition) is 3. The zero-order valence-corrected chi connectivity index (χ0v) is 16.0. The summed E-state index contributed by atoms with van der Waals surface area (Å²) in [6.07, 6.45) is -5.44. The monoisotopic (exact) mass is 415 g/mol. The normalized spacial score (nSPS) is 13.0. The van der Waals surface area contributed by atoms with Gasteiger partial charge in [-0.25, -0.2) is 0 Å². The Balaban J connectivity index is 2.06. The van der Waals surface area contributed by atoms with Crippen molar-refractivity contribution in [1.82, 2.24) is 4.98 Å². The number of rotatable bonds is 5. The van der Waals surface area contributed by atoms with Crippen LogP contribution in [0.25, 0.3) is 22.2 Å². The first-order valence-electron chi connectivity index (χ1n) is 9.01. The smallest absolute Gasteiger partial charge is 0.423 e. The topological polar surface area (TPSA) is 56.2 Å². The molecule has 3 nitrogen and oxygen atoms in total. The molecule has 0 amide bonds. The van der Waals surface area contributed by atoms with Gasteiger partial charge in [-0.05, 0) is 34.1 Å². The van der Waals surface area contributed by atoms with Crippen molar-refractivity contribution in [1.29, 1.82) is 0 Å². The van der Waals surface area contributed by atoms with Crippen molar-refractivity contribution < 1.29 is 23.2 Å². The van der Waals surface area contributed by atoms with Crippen LogP contribution in [-0.2, 0) is 0 Å². The highest BCUT2D eigenvalue weighted by Crippen LogP contribution is 2.44. The summed E-state index contributed by atoms with van der Waals surface area (Å²) >= 11 is 1.26. The largest absolute Gasteiger partial charge is 0.489 e. The van der Waals surface area contributed by atoms with Crippen molar-refractivity contribution in [3.63, 3.8) is 0 Å². The SMILES string of the molecule is OB(O)c1cccc2[nH]c(-c3ccccc3)c(C(CC(F)(F)F)c3cccs3)c12. The van der Waals surface area contributed by atoms with Crippen LogP contribution in [0.3, 0.4) is 0 Å². The van der Waals surface area contributed by atoms with Crippen LogP contribution in [0.1, 0.15) is 22.8 Å². The molecule has 0 saturated heterocycles. The zero-order chi connectivity index (χ0) is 20.6. The Morgan fingerprint density at radius 1 is 0.966 bits per heavy atom. The maximum Gasteiger partial charge on any atom is 0.489 e. The van der Waals surface area contributed by atoms with Crippen molar-refractivity contribution in [2.24, 2.45) is 0 Å². The molecule has 8 heteroatoms. The van der Waals surface area contributed by atoms with Crippen molar-refractivity contribution in [3.8, 4) is 11.3 Å². The van der Waals surface area contributed by atoms with Gasteiger partial charge in [0.25, 0.3) is 0 Å². The molecule has 4 aromatic rings. The second kappa shape index (κ2) is 7.70. The molecule has 2 heterocycles. The fraction of sp³-hybridized carbons (Fsp3) is 0.143. The summed E-state index contributed by atoms with van der Waals surface area (Å²) in [5.74, 6) is -0.973. The van der Waals surface area contributed by atoms with Gasteiger partial charge in [0.1, 0.15) is 0 Å². The van der Waals surface area contributed by atoms with Gasteiger partial charge in [0.15, 0.2) is 0 Å². The first kappa shape index (κ1) is 19.8. The maximum atomic E-state index is 13.6. The summed E-state index contributed by atoms with van der Waals surface area (Å²) < 4.78 is 40.7. The Morgan fingerprint density at radius 3 is 2.34 bits per heavy atom. The van der Waals surface area contributed by atoms with Crippen LogP contribution in [0.15, 0.2) is 66.0 Å². The third-order valence-corrected chi connectivity index (χ3v) is 5.89. The highest BCUT2D eigenvalue weighted by Gasteiger charge is 2.37. The van der Waals surface area contributed by atoms with Gasteiger partial charge in [0, 0.05) is 21.7 Å². The van der Waals surface area contributed by atoms with Crippen LogP contribution in [0.4, 0.5) is 13.2 Å². The van der Waals surface area contributed by atoms with Gasteiger partial charge in [-0.1, -0.05) is 48.5 Å². The summed E-state index contributed by atoms with van der Waals surface area (Å²) in [7, 11) is -1.80. The first-order valence-corrected chi connectivity index (χ1v) is 9.89. The molecule has 3 N–H and O–H groups in total. The molecular formula is C21H17BF3NO2S. The van der Waals surface area contributed by atoms with Gasteiger partial charge in [0.05, 0.1) is 12.1 Å². The van der Waals surface area contributed by atoms with Crippen LogP contribution >= 0.6 is 11.3 Å². The van der Waals surface area contributed by atoms with Gasteiger partial charge >= 0.3 is 13.3 Å². The fourth-order valence-corrected chi connectivity index (χ4v) is 4.60. The van der Waals surface area contributed by atoms with E-state index in [2.05, 4.69) is 4.98 Å². The number of benzene rings is 2. The fourth-order valence-electron chi connectivity index (χ4n) is 3.76. The van der Waals surface area contributed by atoms with Crippen LogP contribution in [0.5, 0.6) is 0 Å². The summed E-state index contributed by atoms with van der Waals surface area (Å²) in [6.45, 7) is 0. The van der Waals surface area contributed by atoms with Gasteiger partial charge in [-0.2, -0.15) is 13.2 Å². The predicted octanol–water partition coefficient (Wildman–Crippen LogP) is 4.66. The molecule has 0 saturated carbocycles. The van der Waals surface area contributed by atoms with E-state index in [0.717, 1.165) is 5.56 Å². The summed E-state index contributed by atoms with van der Waals surface area (Å²) in [5, 5.41) is 22.0. The van der Waals surface area contributed by atoms with Gasteiger partial charge < -0.3 is 15.0 Å². The third kappa shape index (κ3) is 3.96. The van der Waals surface area contributed by atoms with Crippen molar-refractivity contribution in [2.45, 2.75) is 18.5 Å². The summed E-state index contributed by atoms with van der Waals surface area (Å²) in [5.41, 5.74) is 2.46. The molecule has 4 rings (SSSR count). The number of fused-ring (bicyclic) bond motifs is 1. The number of aromatic nitrogens is 1. The molecule has 2 aromatic heterocycles. The van der Waals surface area contributed by atoms with E-state index >= 15 is 0 Å². The lowest BCUT2D eigenvalue weighted by Gasteiger charge is -2.20. The van der Waals surface area contributed by atoms with E-state index in [4.69, 9.17) is 0 Å². The minimum Gasteiger partial charge on any atom is -0.423 e. The van der Waals surface area contributed by atoms with Crippen molar-refractivity contribution in [2.75, 3.05) is 0 Å². The van der Waals surface area contributed by atoms with E-state index in [9.17, 15) is 23.2 Å². The van der Waals surface area contributed by atoms with Gasteiger partial charge in [-0.3, -0.25) is 0 Å². The number of halogens is 3. The van der Waals surface area contributed by atoms with E-state index in [-0.39, 0.29) is 5.46 Å². The molecule has 0 aliphatic carbocycles. The third-order valence-electron chi connectivity index (χ3n) is 4.91. The Bertz CT molecular complexity index is 1110. The molecule has 148 valence electrons. The molecule has 2 aromatic carbocycles. The van der Waals surface area contributed by atoms with E-state index in [0.29, 0.717) is 27.0 Å². The lowest BCUT2D eigenvalue weighted by molar-refractivity contribution is -0.136. The minimum atomic E-state index is -4.39. The lowest BCUT2D eigenvalue weighted by atomic mass is 9.75. The number of alkyl halides is 3. The highest BCUT2D eigenvalue weighted by atomic mass is 32.1. The second-order valence-electron chi connectivity index (χ2n) is 6.81. The molecule has 0 radical (unpaired) electrons. The average Bonchev–Trinajstić information content (AvgIpc) is 3.34. The van der Waals surface area contributed by atoms with Crippen LogP contribution < -0.4 is 5.46 Å². The van der Waals surface area contributed by atoms with Gasteiger partial charge in [-0.15, -0.1) is 11.3 Å². The molecule has 1 atom stereocenters. The quantitative estimate of drug-likeness (QED) is 0.416. The number of hydrogen-bond donors (Lipinski definition) is 3. The zero-order valence-electron chi connectivity index (χ0n) is 15.1. The minimum absolute atomic E-state index is 0.180. The van der Waals surface area contributed by atoms with E-state index < -0.39 is 25.6 Å². The van der Waals surface area contributed by atoms with Gasteiger partial charge in [0.2, 0.25) is 0 Å². The molecule has 0 fully saturated rings. The number of thiophene rings is 1. The number of H-pyrrole nitrogens is 1. The lowest BCUT2D eigenvalue weighted by Crippen LogP contribution is -2.31. The van der Waals surface area contributed by atoms with Crippen LogP contribution in [-0.4, -0.2) is 28.3 Å². The standard InChI is InChI=1S/C21H17BF3NO2S/c23-21(24,25)12-14(17-10-5-11-29-17)18-19-15(22(27)28)8-4-9-16(19)26-20(18)13-6-2-1-3-7-13/h1-11,14,26-28H,12H2. The number of nitrogens with one attached hydrogen (secondary N) is 1. The molecule has 29 heavy (non-hydrogen) atoms. The molecule has 1 unspecified atom stereocenters. The molecule has 0 aliphatic heterocycles. The Labute approximate surface area is 169 Å². The van der Waals surface area contributed by atoms with E-state index in [1.807, 2.05) is 30.3 Å². The van der Waals surface area contributed by atoms with E-state index in [1.54, 1.807) is 29.6 Å². The van der Waals surface area contributed by atoms with Crippen LogP contribution in [0.2, 0.25) is 0 Å².